The molecule has 0 aliphatic carbocycles. The summed E-state index contributed by atoms with van der Waals surface area (Å²) >= 11 is 0. The van der Waals surface area contributed by atoms with Gasteiger partial charge in [-0.25, -0.2) is 0 Å². The first kappa shape index (κ1) is 21.4. The van der Waals surface area contributed by atoms with Crippen LogP contribution < -0.4 is 20.1 Å². The van der Waals surface area contributed by atoms with Crippen molar-refractivity contribution >= 4 is 11.4 Å². The number of rotatable bonds is 12. The lowest BCUT2D eigenvalue weighted by Gasteiger charge is -2.15. The van der Waals surface area contributed by atoms with Crippen LogP contribution >= 0.6 is 0 Å². The van der Waals surface area contributed by atoms with Crippen molar-refractivity contribution in [3.63, 3.8) is 0 Å². The Balaban J connectivity index is 1.33. The summed E-state index contributed by atoms with van der Waals surface area (Å²) in [6, 6.07) is 14.5. The molecule has 0 amide bonds. The Morgan fingerprint density at radius 2 is 1.13 bits per heavy atom. The molecule has 158 valence electrons. The molecule has 2 aromatic heterocycles. The highest BCUT2D eigenvalue weighted by Gasteiger charge is 2.07. The Morgan fingerprint density at radius 1 is 0.700 bits per heavy atom. The summed E-state index contributed by atoms with van der Waals surface area (Å²) in [5.74, 6) is 1.25. The standard InChI is InChI=1S/C22H26N4O4/c27-19(13-25-17-3-1-9-23-11-17)15-29-21-5-7-22(8-6-21)30-16-20(28)14-26-18-4-2-10-24-12-18/h1-12,19-20,25-28H,13-16H2. The fourth-order valence-electron chi connectivity index (χ4n) is 2.54. The Kier molecular flexibility index (Phi) is 8.25. The van der Waals surface area contributed by atoms with Crippen molar-refractivity contribution < 1.29 is 19.7 Å². The molecule has 0 saturated heterocycles. The predicted octanol–water partition coefficient (Wildman–Crippen LogP) is 2.18. The molecule has 0 bridgehead atoms. The van der Waals surface area contributed by atoms with E-state index in [0.717, 1.165) is 11.4 Å². The Hall–Kier alpha value is -3.36. The lowest BCUT2D eigenvalue weighted by atomic mass is 10.3. The molecule has 3 rings (SSSR count). The van der Waals surface area contributed by atoms with E-state index in [1.807, 2.05) is 24.3 Å². The van der Waals surface area contributed by atoms with Crippen molar-refractivity contribution in [1.29, 1.82) is 0 Å². The number of pyridine rings is 2. The van der Waals surface area contributed by atoms with Crippen LogP contribution in [-0.4, -0.2) is 58.7 Å². The smallest absolute Gasteiger partial charge is 0.119 e. The molecule has 0 spiro atoms. The first-order valence-corrected chi connectivity index (χ1v) is 9.68. The van der Waals surface area contributed by atoms with Crippen LogP contribution in [0, 0.1) is 0 Å². The number of anilines is 2. The lowest BCUT2D eigenvalue weighted by molar-refractivity contribution is 0.115. The number of aromatic nitrogens is 2. The number of aliphatic hydroxyl groups is 2. The molecule has 1 aromatic carbocycles. The zero-order valence-electron chi connectivity index (χ0n) is 16.5. The van der Waals surface area contributed by atoms with Crippen LogP contribution in [0.2, 0.25) is 0 Å². The number of nitrogens with one attached hydrogen (secondary N) is 2. The topological polar surface area (TPSA) is 109 Å². The largest absolute Gasteiger partial charge is 0.491 e. The predicted molar refractivity (Wildman–Crippen MR) is 115 cm³/mol. The summed E-state index contributed by atoms with van der Waals surface area (Å²) in [5, 5.41) is 26.3. The van der Waals surface area contributed by atoms with Crippen LogP contribution in [0.25, 0.3) is 0 Å². The van der Waals surface area contributed by atoms with Gasteiger partial charge < -0.3 is 30.3 Å². The van der Waals surface area contributed by atoms with Gasteiger partial charge in [0.1, 0.15) is 36.9 Å². The van der Waals surface area contributed by atoms with E-state index < -0.39 is 12.2 Å². The molecule has 0 fully saturated rings. The van der Waals surface area contributed by atoms with Gasteiger partial charge >= 0.3 is 0 Å². The van der Waals surface area contributed by atoms with E-state index in [9.17, 15) is 10.2 Å². The van der Waals surface area contributed by atoms with Crippen LogP contribution in [0.15, 0.2) is 73.3 Å². The van der Waals surface area contributed by atoms with Gasteiger partial charge in [-0.3, -0.25) is 9.97 Å². The molecule has 2 heterocycles. The molecule has 0 saturated carbocycles. The zero-order valence-corrected chi connectivity index (χ0v) is 16.5. The third-order valence-corrected chi connectivity index (χ3v) is 4.12. The van der Waals surface area contributed by atoms with Crippen molar-refractivity contribution in [3.8, 4) is 11.5 Å². The fourth-order valence-corrected chi connectivity index (χ4v) is 2.54. The minimum atomic E-state index is -0.663. The summed E-state index contributed by atoms with van der Waals surface area (Å²) in [7, 11) is 0. The summed E-state index contributed by atoms with van der Waals surface area (Å²) in [5.41, 5.74) is 1.69. The number of hydrogen-bond donors (Lipinski definition) is 4. The van der Waals surface area contributed by atoms with Crippen LogP contribution in [0.1, 0.15) is 0 Å². The number of aliphatic hydroxyl groups excluding tert-OH is 2. The second-order valence-electron chi connectivity index (χ2n) is 6.65. The SMILES string of the molecule is OC(CNc1cccnc1)COc1ccc(OCC(O)CNc2cccnc2)cc1. The summed E-state index contributed by atoms with van der Waals surface area (Å²) < 4.78 is 11.2. The first-order chi connectivity index (χ1) is 14.7. The molecule has 30 heavy (non-hydrogen) atoms. The molecule has 0 aliphatic heterocycles. The van der Waals surface area contributed by atoms with Crippen molar-refractivity contribution in [2.75, 3.05) is 36.9 Å². The van der Waals surface area contributed by atoms with Crippen molar-refractivity contribution in [2.45, 2.75) is 12.2 Å². The third kappa shape index (κ3) is 7.57. The maximum absolute atomic E-state index is 10.0. The van der Waals surface area contributed by atoms with E-state index >= 15 is 0 Å². The zero-order chi connectivity index (χ0) is 21.0. The minimum Gasteiger partial charge on any atom is -0.491 e. The van der Waals surface area contributed by atoms with Crippen LogP contribution in [-0.2, 0) is 0 Å². The van der Waals surface area contributed by atoms with E-state index in [2.05, 4.69) is 20.6 Å². The lowest BCUT2D eigenvalue weighted by Crippen LogP contribution is -2.26. The number of ether oxygens (including phenoxy) is 2. The van der Waals surface area contributed by atoms with Gasteiger partial charge in [-0.05, 0) is 48.5 Å². The van der Waals surface area contributed by atoms with Gasteiger partial charge in [0.15, 0.2) is 0 Å². The van der Waals surface area contributed by atoms with Gasteiger partial charge in [-0.15, -0.1) is 0 Å². The van der Waals surface area contributed by atoms with Crippen molar-refractivity contribution in [2.24, 2.45) is 0 Å². The highest BCUT2D eigenvalue weighted by atomic mass is 16.5. The van der Waals surface area contributed by atoms with E-state index in [1.165, 1.54) is 0 Å². The Bertz CT molecular complexity index is 778. The minimum absolute atomic E-state index is 0.159. The maximum atomic E-state index is 10.0. The summed E-state index contributed by atoms with van der Waals surface area (Å²) in [6.45, 7) is 1.04. The molecule has 4 N–H and O–H groups in total. The summed E-state index contributed by atoms with van der Waals surface area (Å²) in [4.78, 5) is 8.01. The molecule has 2 atom stereocenters. The quantitative estimate of drug-likeness (QED) is 0.360. The molecular weight excluding hydrogens is 384 g/mol. The second kappa shape index (κ2) is 11.6. The average molecular weight is 410 g/mol. The third-order valence-electron chi connectivity index (χ3n) is 4.12. The van der Waals surface area contributed by atoms with Gasteiger partial charge in [0.25, 0.3) is 0 Å². The normalized spacial score (nSPS) is 12.6. The molecule has 0 aliphatic rings. The van der Waals surface area contributed by atoms with E-state index in [-0.39, 0.29) is 13.2 Å². The van der Waals surface area contributed by atoms with E-state index in [1.54, 1.807) is 49.1 Å². The van der Waals surface area contributed by atoms with Crippen LogP contribution in [0.5, 0.6) is 11.5 Å². The van der Waals surface area contributed by atoms with Gasteiger partial charge in [0.05, 0.1) is 11.4 Å². The maximum Gasteiger partial charge on any atom is 0.119 e. The second-order valence-corrected chi connectivity index (χ2v) is 6.65. The number of hydrogen-bond acceptors (Lipinski definition) is 8. The van der Waals surface area contributed by atoms with Gasteiger partial charge in [0, 0.05) is 37.9 Å². The highest BCUT2D eigenvalue weighted by Crippen LogP contribution is 2.18. The molecule has 8 heteroatoms. The monoisotopic (exact) mass is 410 g/mol. The molecule has 0 radical (unpaired) electrons. The fraction of sp³-hybridized carbons (Fsp3) is 0.273. The molecule has 8 nitrogen and oxygen atoms in total. The first-order valence-electron chi connectivity index (χ1n) is 9.68. The van der Waals surface area contributed by atoms with Crippen LogP contribution in [0.3, 0.4) is 0 Å². The number of benzene rings is 1. The van der Waals surface area contributed by atoms with Crippen molar-refractivity contribution in [3.05, 3.63) is 73.3 Å². The number of nitrogens with zero attached hydrogens (tertiary/aromatic N) is 2. The molecular formula is C22H26N4O4. The van der Waals surface area contributed by atoms with E-state index in [0.29, 0.717) is 24.6 Å². The van der Waals surface area contributed by atoms with Gasteiger partial charge in [-0.1, -0.05) is 0 Å². The molecule has 2 unspecified atom stereocenters. The Labute approximate surface area is 175 Å². The summed E-state index contributed by atoms with van der Waals surface area (Å²) in [6.07, 6.45) is 5.44. The van der Waals surface area contributed by atoms with Gasteiger partial charge in [0.2, 0.25) is 0 Å². The molecule has 3 aromatic rings. The van der Waals surface area contributed by atoms with Crippen molar-refractivity contribution in [1.82, 2.24) is 9.97 Å². The van der Waals surface area contributed by atoms with Gasteiger partial charge in [-0.2, -0.15) is 0 Å². The van der Waals surface area contributed by atoms with Crippen LogP contribution in [0.4, 0.5) is 11.4 Å². The van der Waals surface area contributed by atoms with E-state index in [4.69, 9.17) is 9.47 Å². The average Bonchev–Trinajstić information content (AvgIpc) is 2.80. The Morgan fingerprint density at radius 3 is 1.50 bits per heavy atom. The highest BCUT2D eigenvalue weighted by molar-refractivity contribution is 5.40.